The lowest BCUT2D eigenvalue weighted by Gasteiger charge is -2.23. The second kappa shape index (κ2) is 4.17. The third-order valence-corrected chi connectivity index (χ3v) is 4.56. The van der Waals surface area contributed by atoms with Gasteiger partial charge in [-0.3, -0.25) is 9.59 Å². The summed E-state index contributed by atoms with van der Waals surface area (Å²) in [6, 6.07) is 5.82. The Hall–Kier alpha value is -2.15. The van der Waals surface area contributed by atoms with Gasteiger partial charge in [-0.2, -0.15) is 5.26 Å². The number of nitriles is 1. The van der Waals surface area contributed by atoms with Crippen molar-refractivity contribution in [2.75, 3.05) is 11.4 Å². The Morgan fingerprint density at radius 2 is 2.00 bits per heavy atom. The maximum Gasteiger partial charge on any atom is 0.299 e. The quantitative estimate of drug-likeness (QED) is 0.791. The lowest BCUT2D eigenvalue weighted by molar-refractivity contribution is -0.114. The molecule has 0 saturated heterocycles. The largest absolute Gasteiger partial charge is 0.304 e. The van der Waals surface area contributed by atoms with E-state index in [4.69, 9.17) is 5.26 Å². The second-order valence-electron chi connectivity index (χ2n) is 5.96. The molecule has 0 atom stereocenters. The molecule has 4 heteroatoms. The summed E-state index contributed by atoms with van der Waals surface area (Å²) in [5.74, 6) is -0.867. The highest BCUT2D eigenvalue weighted by Crippen LogP contribution is 2.50. The maximum absolute atomic E-state index is 12.2. The van der Waals surface area contributed by atoms with E-state index in [1.54, 1.807) is 11.0 Å². The summed E-state index contributed by atoms with van der Waals surface area (Å²) >= 11 is 0. The van der Waals surface area contributed by atoms with E-state index in [0.717, 1.165) is 29.7 Å². The van der Waals surface area contributed by atoms with Crippen LogP contribution in [0.15, 0.2) is 12.1 Å². The van der Waals surface area contributed by atoms with Crippen LogP contribution in [0.2, 0.25) is 0 Å². The number of nitrogens with zero attached hydrogens (tertiary/aromatic N) is 2. The number of anilines is 1. The molecule has 0 spiro atoms. The lowest BCUT2D eigenvalue weighted by Crippen LogP contribution is -2.35. The van der Waals surface area contributed by atoms with Crippen LogP contribution in [0, 0.1) is 30.6 Å². The van der Waals surface area contributed by atoms with E-state index in [0.29, 0.717) is 18.5 Å². The van der Waals surface area contributed by atoms with Gasteiger partial charge in [0.1, 0.15) is 0 Å². The van der Waals surface area contributed by atoms with Crippen molar-refractivity contribution >= 4 is 17.4 Å². The van der Waals surface area contributed by atoms with Crippen LogP contribution in [0.3, 0.4) is 0 Å². The summed E-state index contributed by atoms with van der Waals surface area (Å²) in [7, 11) is 0. The van der Waals surface area contributed by atoms with E-state index in [1.165, 1.54) is 0 Å². The highest BCUT2D eigenvalue weighted by atomic mass is 16.2. The van der Waals surface area contributed by atoms with Crippen molar-refractivity contribution in [2.24, 2.45) is 5.41 Å². The molecule has 3 rings (SSSR count). The zero-order valence-corrected chi connectivity index (χ0v) is 11.7. The van der Waals surface area contributed by atoms with E-state index >= 15 is 0 Å². The Morgan fingerprint density at radius 3 is 2.60 bits per heavy atom. The van der Waals surface area contributed by atoms with Gasteiger partial charge in [-0.05, 0) is 43.9 Å². The number of Topliss-reactive ketones (excluding diaryl/α,β-unsaturated/α-hetero) is 1. The first kappa shape index (κ1) is 12.9. The molecule has 0 bridgehead atoms. The smallest absolute Gasteiger partial charge is 0.299 e. The molecule has 20 heavy (non-hydrogen) atoms. The first-order valence-electron chi connectivity index (χ1n) is 6.82. The molecular formula is C16H16N2O2. The van der Waals surface area contributed by atoms with E-state index in [9.17, 15) is 9.59 Å². The second-order valence-corrected chi connectivity index (χ2v) is 5.96. The Bertz CT molecular complexity index is 666. The van der Waals surface area contributed by atoms with Crippen LogP contribution in [0.1, 0.15) is 40.7 Å². The molecule has 1 aliphatic heterocycles. The number of benzene rings is 1. The third kappa shape index (κ3) is 1.74. The monoisotopic (exact) mass is 268 g/mol. The van der Waals surface area contributed by atoms with Gasteiger partial charge in [-0.15, -0.1) is 0 Å². The average Bonchev–Trinajstić information content (AvgIpc) is 3.13. The normalized spacial score (nSPS) is 18.9. The van der Waals surface area contributed by atoms with Crippen molar-refractivity contribution < 1.29 is 9.59 Å². The molecule has 2 aliphatic rings. The van der Waals surface area contributed by atoms with Gasteiger partial charge in [0.2, 0.25) is 0 Å². The predicted octanol–water partition coefficient (Wildman–Crippen LogP) is 2.53. The predicted molar refractivity (Wildman–Crippen MR) is 74.5 cm³/mol. The molecule has 102 valence electrons. The summed E-state index contributed by atoms with van der Waals surface area (Å²) in [6.07, 6.45) is 2.36. The number of amides is 1. The summed E-state index contributed by atoms with van der Waals surface area (Å²) in [5.41, 5.74) is 3.22. The fraction of sp³-hybridized carbons (Fsp3) is 0.438. The van der Waals surface area contributed by atoms with Gasteiger partial charge < -0.3 is 4.90 Å². The number of carbonyl (C=O) groups excluding carboxylic acids is 2. The summed E-state index contributed by atoms with van der Waals surface area (Å²) in [4.78, 5) is 25.9. The molecule has 0 N–H and O–H groups in total. The van der Waals surface area contributed by atoms with Crippen LogP contribution in [-0.4, -0.2) is 18.2 Å². The molecule has 1 aromatic rings. The van der Waals surface area contributed by atoms with Crippen LogP contribution >= 0.6 is 0 Å². The Kier molecular flexibility index (Phi) is 2.68. The van der Waals surface area contributed by atoms with E-state index < -0.39 is 11.7 Å². The minimum atomic E-state index is -0.446. The topological polar surface area (TPSA) is 61.2 Å². The number of fused-ring (bicyclic) bond motifs is 1. The molecule has 0 unspecified atom stereocenters. The zero-order valence-electron chi connectivity index (χ0n) is 11.7. The van der Waals surface area contributed by atoms with E-state index in [-0.39, 0.29) is 5.41 Å². The fourth-order valence-electron chi connectivity index (χ4n) is 2.89. The van der Waals surface area contributed by atoms with Crippen molar-refractivity contribution in [3.05, 3.63) is 28.8 Å². The third-order valence-electron chi connectivity index (χ3n) is 4.56. The van der Waals surface area contributed by atoms with E-state index in [2.05, 4.69) is 6.07 Å². The highest BCUT2D eigenvalue weighted by Gasteiger charge is 2.48. The molecule has 0 radical (unpaired) electrons. The van der Waals surface area contributed by atoms with Gasteiger partial charge in [0.15, 0.2) is 0 Å². The zero-order chi connectivity index (χ0) is 14.5. The van der Waals surface area contributed by atoms with Crippen molar-refractivity contribution in [3.8, 4) is 6.07 Å². The molecule has 1 aromatic carbocycles. The molecule has 1 saturated carbocycles. The van der Waals surface area contributed by atoms with Crippen molar-refractivity contribution in [2.45, 2.75) is 33.1 Å². The molecular weight excluding hydrogens is 252 g/mol. The maximum atomic E-state index is 12.2. The minimum absolute atomic E-state index is 0.0948. The molecule has 4 nitrogen and oxygen atoms in total. The van der Waals surface area contributed by atoms with Gasteiger partial charge in [0.25, 0.3) is 11.7 Å². The Morgan fingerprint density at radius 1 is 1.30 bits per heavy atom. The number of hydrogen-bond acceptors (Lipinski definition) is 3. The highest BCUT2D eigenvalue weighted by molar-refractivity contribution is 6.52. The lowest BCUT2D eigenvalue weighted by atomic mass is 10.0. The SMILES string of the molecule is Cc1ccc2c(c1C)N(CC1(CC#N)CC1)C(=O)C2=O. The Labute approximate surface area is 118 Å². The van der Waals surface area contributed by atoms with Gasteiger partial charge in [0, 0.05) is 18.4 Å². The first-order valence-corrected chi connectivity index (χ1v) is 6.82. The van der Waals surface area contributed by atoms with Gasteiger partial charge >= 0.3 is 0 Å². The first-order chi connectivity index (χ1) is 9.49. The van der Waals surface area contributed by atoms with Crippen LogP contribution in [-0.2, 0) is 4.79 Å². The Balaban J connectivity index is 2.02. The molecule has 1 fully saturated rings. The standard InChI is InChI=1S/C16H16N2O2/c1-10-3-4-12-13(11(10)2)18(15(20)14(12)19)9-16(5-6-16)7-8-17/h3-4H,5-7,9H2,1-2H3. The summed E-state index contributed by atoms with van der Waals surface area (Å²) < 4.78 is 0. The van der Waals surface area contributed by atoms with Gasteiger partial charge in [0.05, 0.1) is 17.3 Å². The van der Waals surface area contributed by atoms with Crippen LogP contribution in [0.4, 0.5) is 5.69 Å². The minimum Gasteiger partial charge on any atom is -0.304 e. The summed E-state index contributed by atoms with van der Waals surface area (Å²) in [6.45, 7) is 4.41. The number of ketones is 1. The molecule has 1 amide bonds. The van der Waals surface area contributed by atoms with Crippen molar-refractivity contribution in [1.29, 1.82) is 5.26 Å². The van der Waals surface area contributed by atoms with Crippen molar-refractivity contribution in [3.63, 3.8) is 0 Å². The van der Waals surface area contributed by atoms with Gasteiger partial charge in [-0.1, -0.05) is 6.07 Å². The van der Waals surface area contributed by atoms with E-state index in [1.807, 2.05) is 19.9 Å². The van der Waals surface area contributed by atoms with Crippen LogP contribution < -0.4 is 4.90 Å². The molecule has 0 aromatic heterocycles. The number of rotatable bonds is 3. The average molecular weight is 268 g/mol. The summed E-state index contributed by atoms with van der Waals surface area (Å²) in [5, 5.41) is 8.91. The van der Waals surface area contributed by atoms with Gasteiger partial charge in [-0.25, -0.2) is 0 Å². The van der Waals surface area contributed by atoms with Crippen LogP contribution in [0.5, 0.6) is 0 Å². The number of hydrogen-bond donors (Lipinski definition) is 0. The molecule has 1 heterocycles. The number of aryl methyl sites for hydroxylation is 1. The number of carbonyl (C=O) groups is 2. The van der Waals surface area contributed by atoms with Crippen LogP contribution in [0.25, 0.3) is 0 Å². The van der Waals surface area contributed by atoms with Crippen molar-refractivity contribution in [1.82, 2.24) is 0 Å². The fourth-order valence-corrected chi connectivity index (χ4v) is 2.89. The molecule has 1 aliphatic carbocycles.